The summed E-state index contributed by atoms with van der Waals surface area (Å²) in [6.45, 7) is 13.9. The lowest BCUT2D eigenvalue weighted by Gasteiger charge is -2.28. The van der Waals surface area contributed by atoms with E-state index in [0.717, 1.165) is 5.57 Å². The van der Waals surface area contributed by atoms with Gasteiger partial charge in [-0.15, -0.1) is 0 Å². The molecule has 10 heteroatoms. The summed E-state index contributed by atoms with van der Waals surface area (Å²) in [5.74, 6) is -1.70. The Hall–Kier alpha value is -3.14. The van der Waals surface area contributed by atoms with E-state index in [0.29, 0.717) is 6.61 Å². The van der Waals surface area contributed by atoms with Gasteiger partial charge < -0.3 is 29.0 Å². The second-order valence-electron chi connectivity index (χ2n) is 7.90. The van der Waals surface area contributed by atoms with Crippen LogP contribution in [0.2, 0.25) is 0 Å². The highest BCUT2D eigenvalue weighted by atomic mass is 16.7. The van der Waals surface area contributed by atoms with Crippen molar-refractivity contribution in [3.8, 4) is 11.5 Å². The summed E-state index contributed by atoms with van der Waals surface area (Å²) >= 11 is 0. The van der Waals surface area contributed by atoms with Crippen molar-refractivity contribution in [1.29, 1.82) is 0 Å². The van der Waals surface area contributed by atoms with E-state index < -0.39 is 36.8 Å². The summed E-state index contributed by atoms with van der Waals surface area (Å²) in [6.07, 6.45) is 0.467. The maximum atomic E-state index is 12.8. The van der Waals surface area contributed by atoms with Crippen LogP contribution in [-0.4, -0.2) is 61.6 Å². The Kier molecular flexibility index (Phi) is 11.3. The van der Waals surface area contributed by atoms with Crippen molar-refractivity contribution in [2.45, 2.75) is 59.8 Å². The number of pyridine rings is 1. The molecular weight excluding hydrogens is 432 g/mol. The number of ether oxygens (including phenoxy) is 5. The number of hydrogen-bond acceptors (Lipinski definition) is 9. The van der Waals surface area contributed by atoms with Gasteiger partial charge in [0.1, 0.15) is 12.1 Å². The van der Waals surface area contributed by atoms with Crippen molar-refractivity contribution < 1.29 is 38.1 Å². The molecule has 0 aromatic carbocycles. The van der Waals surface area contributed by atoms with Crippen LogP contribution in [0.5, 0.6) is 11.5 Å². The average molecular weight is 467 g/mol. The van der Waals surface area contributed by atoms with Crippen LogP contribution in [0.3, 0.4) is 0 Å². The van der Waals surface area contributed by atoms with Crippen molar-refractivity contribution in [3.05, 3.63) is 30.1 Å². The van der Waals surface area contributed by atoms with Gasteiger partial charge in [0.25, 0.3) is 5.91 Å². The molecule has 1 rings (SSSR count). The number of nitrogens with zero attached hydrogens (tertiary/aromatic N) is 1. The third kappa shape index (κ3) is 9.09. The van der Waals surface area contributed by atoms with Crippen LogP contribution in [0.4, 0.5) is 0 Å². The van der Waals surface area contributed by atoms with Crippen LogP contribution in [0.25, 0.3) is 0 Å². The van der Waals surface area contributed by atoms with Crippen molar-refractivity contribution in [3.63, 3.8) is 0 Å². The first-order chi connectivity index (χ1) is 15.5. The highest BCUT2D eigenvalue weighted by Gasteiger charge is 2.29. The van der Waals surface area contributed by atoms with Gasteiger partial charge in [0, 0.05) is 19.2 Å². The Morgan fingerprint density at radius 2 is 1.82 bits per heavy atom. The number of hydrogen-bond donors (Lipinski definition) is 1. The number of methoxy groups -OCH3 is 1. The first kappa shape index (κ1) is 27.9. The number of carbonyl (C=O) groups excluding carboxylic acids is 3. The van der Waals surface area contributed by atoms with Crippen LogP contribution in [0.1, 0.15) is 52.0 Å². The summed E-state index contributed by atoms with van der Waals surface area (Å²) in [5, 5.41) is 2.55. The van der Waals surface area contributed by atoms with Crippen molar-refractivity contribution >= 4 is 17.8 Å². The van der Waals surface area contributed by atoms with E-state index in [1.807, 2.05) is 27.7 Å². The molecule has 0 saturated carbocycles. The molecule has 1 aromatic heterocycles. The number of amides is 1. The van der Waals surface area contributed by atoms with E-state index in [2.05, 4.69) is 16.9 Å². The molecule has 0 aliphatic carbocycles. The SMILES string of the molecule is C=C(C)CO[C@@H](C)C(OC(=O)[C@H](C)NC(=O)c1nccc(OC)c1OCOC(C)=O)C(C)C. The molecule has 0 saturated heterocycles. The van der Waals surface area contributed by atoms with Gasteiger partial charge in [-0.3, -0.25) is 9.59 Å². The number of aromatic nitrogens is 1. The maximum Gasteiger partial charge on any atom is 0.328 e. The minimum absolute atomic E-state index is 0.0155. The molecule has 3 atom stereocenters. The smallest absolute Gasteiger partial charge is 0.328 e. The Morgan fingerprint density at radius 1 is 1.15 bits per heavy atom. The Bertz CT molecular complexity index is 840. The molecule has 0 bridgehead atoms. The third-order valence-corrected chi connectivity index (χ3v) is 4.43. The Balaban J connectivity index is 2.90. The molecule has 1 aromatic rings. The zero-order valence-electron chi connectivity index (χ0n) is 20.3. The quantitative estimate of drug-likeness (QED) is 0.265. The van der Waals surface area contributed by atoms with Crippen LogP contribution in [-0.2, 0) is 23.8 Å². The molecule has 0 spiro atoms. The zero-order chi connectivity index (χ0) is 25.1. The van der Waals surface area contributed by atoms with Crippen molar-refractivity contribution in [2.75, 3.05) is 20.5 Å². The molecule has 0 aliphatic rings. The topological polar surface area (TPSA) is 122 Å². The summed E-state index contributed by atoms with van der Waals surface area (Å²) in [4.78, 5) is 40.5. The van der Waals surface area contributed by atoms with Crippen molar-refractivity contribution in [2.24, 2.45) is 5.92 Å². The summed E-state index contributed by atoms with van der Waals surface area (Å²) in [7, 11) is 1.39. The van der Waals surface area contributed by atoms with Gasteiger partial charge in [0.2, 0.25) is 6.79 Å². The number of esters is 2. The lowest BCUT2D eigenvalue weighted by molar-refractivity contribution is -0.162. The van der Waals surface area contributed by atoms with Gasteiger partial charge in [-0.2, -0.15) is 0 Å². The first-order valence-corrected chi connectivity index (χ1v) is 10.5. The first-order valence-electron chi connectivity index (χ1n) is 10.5. The van der Waals surface area contributed by atoms with E-state index in [4.69, 9.17) is 23.7 Å². The molecule has 0 fully saturated rings. The number of nitrogens with one attached hydrogen (secondary N) is 1. The largest absolute Gasteiger partial charge is 0.493 e. The standard InChI is InChI=1S/C23H34N2O8/c1-13(2)11-30-16(6)20(14(3)4)33-23(28)15(5)25-22(27)19-21(32-12-31-17(7)26)18(29-8)9-10-24-19/h9-10,14-16,20H,1,11-12H2,2-8H3,(H,25,27)/t15-,16-,20?/m0/s1. The maximum absolute atomic E-state index is 12.8. The van der Waals surface area contributed by atoms with E-state index in [1.54, 1.807) is 0 Å². The zero-order valence-corrected chi connectivity index (χ0v) is 20.3. The molecule has 184 valence electrons. The van der Waals surface area contributed by atoms with Gasteiger partial charge in [-0.05, 0) is 26.7 Å². The molecule has 1 unspecified atom stereocenters. The lowest BCUT2D eigenvalue weighted by atomic mass is 10.0. The monoisotopic (exact) mass is 466 g/mol. The third-order valence-electron chi connectivity index (χ3n) is 4.43. The molecule has 10 nitrogen and oxygen atoms in total. The van der Waals surface area contributed by atoms with Crippen molar-refractivity contribution in [1.82, 2.24) is 10.3 Å². The predicted octanol–water partition coefficient (Wildman–Crippen LogP) is 2.66. The molecule has 33 heavy (non-hydrogen) atoms. The van der Waals surface area contributed by atoms with Gasteiger partial charge in [-0.25, -0.2) is 9.78 Å². The number of rotatable bonds is 13. The lowest BCUT2D eigenvalue weighted by Crippen LogP contribution is -2.44. The average Bonchev–Trinajstić information content (AvgIpc) is 2.74. The highest BCUT2D eigenvalue weighted by molar-refractivity contribution is 5.98. The van der Waals surface area contributed by atoms with E-state index >= 15 is 0 Å². The second-order valence-corrected chi connectivity index (χ2v) is 7.90. The minimum Gasteiger partial charge on any atom is -0.493 e. The summed E-state index contributed by atoms with van der Waals surface area (Å²) in [5.41, 5.74) is 0.716. The van der Waals surface area contributed by atoms with Crippen LogP contribution in [0, 0.1) is 5.92 Å². The Morgan fingerprint density at radius 3 is 2.36 bits per heavy atom. The van der Waals surface area contributed by atoms with Crippen LogP contribution >= 0.6 is 0 Å². The summed E-state index contributed by atoms with van der Waals surface area (Å²) < 4.78 is 26.7. The fourth-order valence-corrected chi connectivity index (χ4v) is 2.77. The minimum atomic E-state index is -0.985. The fourth-order valence-electron chi connectivity index (χ4n) is 2.77. The number of carbonyl (C=O) groups is 3. The molecule has 0 aliphatic heterocycles. The van der Waals surface area contributed by atoms with Gasteiger partial charge >= 0.3 is 11.9 Å². The van der Waals surface area contributed by atoms with Crippen LogP contribution < -0.4 is 14.8 Å². The van der Waals surface area contributed by atoms with E-state index in [1.165, 1.54) is 33.2 Å². The van der Waals surface area contributed by atoms with Gasteiger partial charge in [0.05, 0.1) is 19.8 Å². The summed E-state index contributed by atoms with van der Waals surface area (Å²) in [6, 6.07) is 0.498. The highest BCUT2D eigenvalue weighted by Crippen LogP contribution is 2.29. The Labute approximate surface area is 194 Å². The van der Waals surface area contributed by atoms with Gasteiger partial charge in [-0.1, -0.05) is 26.0 Å². The fraction of sp³-hybridized carbons (Fsp3) is 0.565. The van der Waals surface area contributed by atoms with E-state index in [9.17, 15) is 14.4 Å². The molecule has 1 heterocycles. The molecule has 0 radical (unpaired) electrons. The predicted molar refractivity (Wildman–Crippen MR) is 120 cm³/mol. The molecule has 1 amide bonds. The second kappa shape index (κ2) is 13.4. The van der Waals surface area contributed by atoms with E-state index in [-0.39, 0.29) is 29.2 Å². The van der Waals surface area contributed by atoms with Gasteiger partial charge in [0.15, 0.2) is 17.2 Å². The molecular formula is C23H34N2O8. The molecule has 1 N–H and O–H groups in total. The normalized spacial score (nSPS) is 13.5. The van der Waals surface area contributed by atoms with Crippen LogP contribution in [0.15, 0.2) is 24.4 Å².